The van der Waals surface area contributed by atoms with E-state index >= 15 is 0 Å². The lowest BCUT2D eigenvalue weighted by atomic mass is 9.82. The van der Waals surface area contributed by atoms with E-state index in [0.717, 1.165) is 12.0 Å². The summed E-state index contributed by atoms with van der Waals surface area (Å²) >= 11 is 0. The average molecular weight is 495 g/mol. The molecule has 0 radical (unpaired) electrons. The molecule has 4 rings (SSSR count). The molecule has 1 fully saturated rings. The summed E-state index contributed by atoms with van der Waals surface area (Å²) in [6.07, 6.45) is 6.16. The molecule has 0 bridgehead atoms. The highest BCUT2D eigenvalue weighted by Gasteiger charge is 2.30. The van der Waals surface area contributed by atoms with Gasteiger partial charge in [0.15, 0.2) is 5.58 Å². The molecule has 0 unspecified atom stereocenters. The predicted molar refractivity (Wildman–Crippen MR) is 136 cm³/mol. The molecule has 1 aliphatic heterocycles. The molecule has 184 valence electrons. The molecule has 0 spiro atoms. The molecule has 1 amide bonds. The molecular weight excluding hydrogens is 464 g/mol. The van der Waals surface area contributed by atoms with E-state index in [4.69, 9.17) is 10.8 Å². The smallest absolute Gasteiger partial charge is 0.298 e. The highest BCUT2D eigenvalue weighted by atomic mass is 32.2. The number of nitrogens with one attached hydrogen (secondary N) is 1. The molecule has 0 aliphatic carbocycles. The standard InChI is InChI=1S/C26H30N4O4S/c1-5-13-27-24(31)19-7-12-23-22(18-19)28-25(34-23)29-14-16-30(17-15-29)35(32,33)21-10-8-20(9-11-21)26(3,4)6-2/h1,7-12,18H,6,13-17H2,2-4H3,(H,27,31). The van der Waals surface area contributed by atoms with Gasteiger partial charge in [0, 0.05) is 31.7 Å². The Morgan fingerprint density at radius 2 is 1.83 bits per heavy atom. The zero-order valence-electron chi connectivity index (χ0n) is 20.2. The third kappa shape index (κ3) is 5.04. The van der Waals surface area contributed by atoms with Gasteiger partial charge in [0.2, 0.25) is 10.0 Å². The van der Waals surface area contributed by atoms with Gasteiger partial charge >= 0.3 is 0 Å². The molecule has 3 aromatic rings. The second kappa shape index (κ2) is 9.72. The molecule has 1 saturated heterocycles. The summed E-state index contributed by atoms with van der Waals surface area (Å²) in [5, 5.41) is 2.62. The number of terminal acetylenes is 1. The lowest BCUT2D eigenvalue weighted by Crippen LogP contribution is -2.48. The third-order valence-corrected chi connectivity index (χ3v) is 8.57. The Labute approximate surface area is 206 Å². The van der Waals surface area contributed by atoms with Crippen LogP contribution in [-0.4, -0.2) is 56.3 Å². The van der Waals surface area contributed by atoms with Gasteiger partial charge < -0.3 is 14.6 Å². The number of hydrogen-bond donors (Lipinski definition) is 1. The molecule has 0 saturated carbocycles. The molecule has 35 heavy (non-hydrogen) atoms. The van der Waals surface area contributed by atoms with Crippen molar-refractivity contribution in [3.8, 4) is 12.3 Å². The number of carbonyl (C=O) groups is 1. The van der Waals surface area contributed by atoms with E-state index < -0.39 is 10.0 Å². The SMILES string of the molecule is C#CCNC(=O)c1ccc2oc(N3CCN(S(=O)(=O)c4ccc(C(C)(C)CC)cc4)CC3)nc2c1. The zero-order chi connectivity index (χ0) is 25.2. The summed E-state index contributed by atoms with van der Waals surface area (Å²) in [7, 11) is -3.59. The van der Waals surface area contributed by atoms with Crippen LogP contribution in [0, 0.1) is 12.3 Å². The van der Waals surface area contributed by atoms with Gasteiger partial charge in [-0.05, 0) is 47.7 Å². The third-order valence-electron chi connectivity index (χ3n) is 6.66. The number of rotatable bonds is 7. The largest absolute Gasteiger partial charge is 0.423 e. The van der Waals surface area contributed by atoms with Crippen LogP contribution in [0.5, 0.6) is 0 Å². The van der Waals surface area contributed by atoms with Crippen LogP contribution in [0.3, 0.4) is 0 Å². The van der Waals surface area contributed by atoms with Crippen molar-refractivity contribution in [2.45, 2.75) is 37.5 Å². The number of piperazine rings is 1. The Morgan fingerprint density at radius 1 is 1.14 bits per heavy atom. The number of oxazole rings is 1. The highest BCUT2D eigenvalue weighted by Crippen LogP contribution is 2.29. The van der Waals surface area contributed by atoms with E-state index in [-0.39, 0.29) is 17.9 Å². The van der Waals surface area contributed by atoms with Crippen molar-refractivity contribution in [2.75, 3.05) is 37.6 Å². The maximum Gasteiger partial charge on any atom is 0.298 e. The van der Waals surface area contributed by atoms with Gasteiger partial charge in [-0.15, -0.1) is 6.42 Å². The van der Waals surface area contributed by atoms with Crippen LogP contribution >= 0.6 is 0 Å². The molecule has 9 heteroatoms. The summed E-state index contributed by atoms with van der Waals surface area (Å²) in [5.41, 5.74) is 2.67. The maximum absolute atomic E-state index is 13.2. The molecule has 1 aliphatic rings. The molecule has 1 N–H and O–H groups in total. The van der Waals surface area contributed by atoms with E-state index in [9.17, 15) is 13.2 Å². The molecular formula is C26H30N4O4S. The van der Waals surface area contributed by atoms with Crippen LogP contribution in [0.2, 0.25) is 0 Å². The number of fused-ring (bicyclic) bond motifs is 1. The van der Waals surface area contributed by atoms with Crippen molar-refractivity contribution in [3.05, 3.63) is 53.6 Å². The van der Waals surface area contributed by atoms with E-state index in [2.05, 4.69) is 37.0 Å². The Bertz CT molecular complexity index is 1360. The van der Waals surface area contributed by atoms with Crippen LogP contribution in [0.15, 0.2) is 51.8 Å². The number of nitrogens with zero attached hydrogens (tertiary/aromatic N) is 3. The molecule has 0 atom stereocenters. The number of amides is 1. The molecule has 8 nitrogen and oxygen atoms in total. The second-order valence-electron chi connectivity index (χ2n) is 9.22. The lowest BCUT2D eigenvalue weighted by Gasteiger charge is -2.33. The minimum Gasteiger partial charge on any atom is -0.423 e. The zero-order valence-corrected chi connectivity index (χ0v) is 21.1. The average Bonchev–Trinajstić information content (AvgIpc) is 3.31. The van der Waals surface area contributed by atoms with Crippen molar-refractivity contribution in [3.63, 3.8) is 0 Å². The van der Waals surface area contributed by atoms with Gasteiger partial charge in [0.1, 0.15) is 5.52 Å². The van der Waals surface area contributed by atoms with E-state index in [1.807, 2.05) is 17.0 Å². The summed E-state index contributed by atoms with van der Waals surface area (Å²) in [6.45, 7) is 8.11. The number of carbonyl (C=O) groups excluding carboxylic acids is 1. The minimum atomic E-state index is -3.59. The number of anilines is 1. The van der Waals surface area contributed by atoms with E-state index in [0.29, 0.717) is 53.8 Å². The highest BCUT2D eigenvalue weighted by molar-refractivity contribution is 7.89. The van der Waals surface area contributed by atoms with Gasteiger partial charge in [-0.2, -0.15) is 9.29 Å². The first kappa shape index (κ1) is 24.8. The van der Waals surface area contributed by atoms with Crippen LogP contribution in [0.25, 0.3) is 11.1 Å². The maximum atomic E-state index is 13.2. The second-order valence-corrected chi connectivity index (χ2v) is 11.2. The minimum absolute atomic E-state index is 0.000258. The summed E-state index contributed by atoms with van der Waals surface area (Å²) in [6, 6.07) is 12.6. The van der Waals surface area contributed by atoms with Crippen molar-refractivity contribution in [2.24, 2.45) is 0 Å². The van der Waals surface area contributed by atoms with Crippen LogP contribution in [-0.2, 0) is 15.4 Å². The first-order valence-electron chi connectivity index (χ1n) is 11.6. The van der Waals surface area contributed by atoms with Crippen molar-refractivity contribution in [1.82, 2.24) is 14.6 Å². The van der Waals surface area contributed by atoms with Gasteiger partial charge in [0.25, 0.3) is 11.9 Å². The van der Waals surface area contributed by atoms with Gasteiger partial charge in [-0.25, -0.2) is 8.42 Å². The lowest BCUT2D eigenvalue weighted by molar-refractivity contribution is 0.0959. The Morgan fingerprint density at radius 3 is 2.46 bits per heavy atom. The fourth-order valence-electron chi connectivity index (χ4n) is 3.98. The predicted octanol–water partition coefficient (Wildman–Crippen LogP) is 3.39. The van der Waals surface area contributed by atoms with Crippen molar-refractivity contribution < 1.29 is 17.6 Å². The summed E-state index contributed by atoms with van der Waals surface area (Å²) < 4.78 is 33.8. The molecule has 2 aromatic carbocycles. The Kier molecular flexibility index (Phi) is 6.88. The first-order valence-corrected chi connectivity index (χ1v) is 13.1. The normalized spacial score (nSPS) is 15.2. The van der Waals surface area contributed by atoms with Crippen LogP contribution in [0.1, 0.15) is 43.1 Å². The molecule has 2 heterocycles. The fraction of sp³-hybridized carbons (Fsp3) is 0.385. The number of sulfonamides is 1. The Balaban J connectivity index is 1.44. The van der Waals surface area contributed by atoms with E-state index in [1.165, 1.54) is 4.31 Å². The quantitative estimate of drug-likeness (QED) is 0.506. The van der Waals surface area contributed by atoms with Crippen molar-refractivity contribution in [1.29, 1.82) is 0 Å². The van der Waals surface area contributed by atoms with Crippen LogP contribution in [0.4, 0.5) is 6.01 Å². The summed E-state index contributed by atoms with van der Waals surface area (Å²) in [5.74, 6) is 2.09. The first-order chi connectivity index (χ1) is 16.7. The monoisotopic (exact) mass is 494 g/mol. The van der Waals surface area contributed by atoms with Crippen molar-refractivity contribution >= 4 is 33.0 Å². The van der Waals surface area contributed by atoms with Gasteiger partial charge in [0.05, 0.1) is 11.4 Å². The fourth-order valence-corrected chi connectivity index (χ4v) is 5.40. The van der Waals surface area contributed by atoms with Crippen LogP contribution < -0.4 is 10.2 Å². The Hall–Kier alpha value is -3.35. The number of aromatic nitrogens is 1. The van der Waals surface area contributed by atoms with Gasteiger partial charge in [-0.1, -0.05) is 38.8 Å². The number of hydrogen-bond acceptors (Lipinski definition) is 6. The molecule has 1 aromatic heterocycles. The van der Waals surface area contributed by atoms with E-state index in [1.54, 1.807) is 30.3 Å². The van der Waals surface area contributed by atoms with Gasteiger partial charge in [-0.3, -0.25) is 4.79 Å². The topological polar surface area (TPSA) is 95.8 Å². The number of benzene rings is 2. The summed E-state index contributed by atoms with van der Waals surface area (Å²) in [4.78, 5) is 18.9.